The molecule has 6 heteroatoms. The Kier molecular flexibility index (Phi) is 7.53. The summed E-state index contributed by atoms with van der Waals surface area (Å²) in [5.41, 5.74) is 0.894. The van der Waals surface area contributed by atoms with Crippen molar-refractivity contribution in [1.29, 1.82) is 0 Å². The van der Waals surface area contributed by atoms with Crippen molar-refractivity contribution in [2.75, 3.05) is 26.9 Å². The monoisotopic (exact) mass is 391 g/mol. The van der Waals surface area contributed by atoms with Crippen LogP contribution >= 0.6 is 22.6 Å². The number of methoxy groups -OCH3 is 1. The average Bonchev–Trinajstić information content (AvgIpc) is 2.44. The summed E-state index contributed by atoms with van der Waals surface area (Å²) in [5.74, 6) is -0.609. The number of carbonyl (C=O) groups excluding carboxylic acids is 2. The molecule has 0 aliphatic carbocycles. The van der Waals surface area contributed by atoms with Gasteiger partial charge in [0.25, 0.3) is 5.91 Å². The highest BCUT2D eigenvalue weighted by Gasteiger charge is 2.17. The van der Waals surface area contributed by atoms with Crippen LogP contribution < -0.4 is 5.32 Å². The molecule has 0 fully saturated rings. The number of benzene rings is 1. The molecule has 0 aliphatic heterocycles. The molecule has 110 valence electrons. The quantitative estimate of drug-likeness (QED) is 0.440. The molecule has 0 unspecified atom stereocenters. The Morgan fingerprint density at radius 3 is 2.65 bits per heavy atom. The summed E-state index contributed by atoms with van der Waals surface area (Å²) in [6, 6.07) is 5.02. The number of nitrogens with one attached hydrogen (secondary N) is 1. The molecule has 0 bridgehead atoms. The first kappa shape index (κ1) is 16.9. The van der Waals surface area contributed by atoms with Crippen LogP contribution in [0.5, 0.6) is 0 Å². The summed E-state index contributed by atoms with van der Waals surface area (Å²) in [6.07, 6.45) is 0.746. The van der Waals surface area contributed by atoms with E-state index in [1.54, 1.807) is 32.2 Å². The summed E-state index contributed by atoms with van der Waals surface area (Å²) in [5, 5.41) is 2.80. The van der Waals surface area contributed by atoms with Gasteiger partial charge in [0, 0.05) is 23.8 Å². The molecule has 0 heterocycles. The van der Waals surface area contributed by atoms with Gasteiger partial charge in [0.1, 0.15) is 0 Å². The third-order valence-corrected chi connectivity index (χ3v) is 3.71. The fraction of sp³-hybridized carbons (Fsp3) is 0.429. The molecular formula is C14H18INO4. The number of hydrogen-bond donors (Lipinski definition) is 1. The lowest BCUT2D eigenvalue weighted by molar-refractivity contribution is 0.0525. The second-order valence-corrected chi connectivity index (χ2v) is 5.07. The summed E-state index contributed by atoms with van der Waals surface area (Å²) in [7, 11) is 1.62. The first-order valence-corrected chi connectivity index (χ1v) is 7.42. The van der Waals surface area contributed by atoms with Gasteiger partial charge in [-0.1, -0.05) is 6.07 Å². The van der Waals surface area contributed by atoms with E-state index in [4.69, 9.17) is 9.47 Å². The van der Waals surface area contributed by atoms with Crippen LogP contribution in [-0.2, 0) is 9.47 Å². The Labute approximate surface area is 132 Å². The summed E-state index contributed by atoms with van der Waals surface area (Å²) >= 11 is 1.99. The summed E-state index contributed by atoms with van der Waals surface area (Å²) in [4.78, 5) is 23.8. The predicted octanol–water partition coefficient (Wildman–Crippen LogP) is 2.23. The van der Waals surface area contributed by atoms with Crippen LogP contribution in [0.3, 0.4) is 0 Å². The van der Waals surface area contributed by atoms with Crippen LogP contribution in [-0.4, -0.2) is 38.7 Å². The molecule has 1 amide bonds. The second kappa shape index (κ2) is 8.91. The maximum absolute atomic E-state index is 12.1. The molecular weight excluding hydrogens is 373 g/mol. The fourth-order valence-corrected chi connectivity index (χ4v) is 2.41. The van der Waals surface area contributed by atoms with Crippen molar-refractivity contribution < 1.29 is 19.1 Å². The van der Waals surface area contributed by atoms with Crippen molar-refractivity contribution in [3.8, 4) is 0 Å². The molecule has 1 aromatic rings. The predicted molar refractivity (Wildman–Crippen MR) is 83.9 cm³/mol. The zero-order valence-corrected chi connectivity index (χ0v) is 13.7. The van der Waals surface area contributed by atoms with Crippen LogP contribution in [0.4, 0.5) is 0 Å². The number of halogens is 1. The van der Waals surface area contributed by atoms with E-state index in [2.05, 4.69) is 5.32 Å². The first-order chi connectivity index (χ1) is 9.61. The smallest absolute Gasteiger partial charge is 0.339 e. The van der Waals surface area contributed by atoms with E-state index in [-0.39, 0.29) is 5.91 Å². The molecule has 1 rings (SSSR count). The van der Waals surface area contributed by atoms with Crippen molar-refractivity contribution >= 4 is 34.5 Å². The fourth-order valence-electron chi connectivity index (χ4n) is 1.59. The van der Waals surface area contributed by atoms with E-state index in [9.17, 15) is 9.59 Å². The van der Waals surface area contributed by atoms with Crippen LogP contribution in [0.25, 0.3) is 0 Å². The molecule has 0 spiro atoms. The van der Waals surface area contributed by atoms with Crippen molar-refractivity contribution in [1.82, 2.24) is 5.32 Å². The Bertz CT molecular complexity index is 476. The van der Waals surface area contributed by atoms with Crippen LogP contribution in [0.1, 0.15) is 34.1 Å². The third kappa shape index (κ3) is 4.75. The molecule has 20 heavy (non-hydrogen) atoms. The van der Waals surface area contributed by atoms with Gasteiger partial charge in [0.05, 0.1) is 17.7 Å². The lowest BCUT2D eigenvalue weighted by atomic mass is 10.1. The molecule has 1 aromatic carbocycles. The third-order valence-electron chi connectivity index (χ3n) is 2.55. The maximum atomic E-state index is 12.1. The number of rotatable bonds is 7. The average molecular weight is 391 g/mol. The van der Waals surface area contributed by atoms with Gasteiger partial charge >= 0.3 is 5.97 Å². The highest BCUT2D eigenvalue weighted by Crippen LogP contribution is 2.18. The summed E-state index contributed by atoms with van der Waals surface area (Å²) < 4.78 is 10.5. The molecule has 1 N–H and O–H groups in total. The molecule has 0 saturated carbocycles. The van der Waals surface area contributed by atoms with Gasteiger partial charge in [-0.05, 0) is 48.1 Å². The zero-order chi connectivity index (χ0) is 15.0. The number of hydrogen-bond acceptors (Lipinski definition) is 4. The van der Waals surface area contributed by atoms with Gasteiger partial charge in [0.2, 0.25) is 0 Å². The first-order valence-electron chi connectivity index (χ1n) is 6.34. The number of carbonyl (C=O) groups is 2. The van der Waals surface area contributed by atoms with Crippen LogP contribution in [0.2, 0.25) is 0 Å². The minimum Gasteiger partial charge on any atom is -0.462 e. The topological polar surface area (TPSA) is 64.6 Å². The van der Waals surface area contributed by atoms with Crippen molar-refractivity contribution in [2.45, 2.75) is 13.3 Å². The number of amides is 1. The molecule has 0 aromatic heterocycles. The standard InChI is InChI=1S/C14H18INO4/c1-3-20-14(18)11-7-4-6-10(12(11)15)13(17)16-8-5-9-19-2/h4,6-7H,3,5,8-9H2,1-2H3,(H,16,17). The number of ether oxygens (including phenoxy) is 2. The Balaban J connectivity index is 2.77. The van der Waals surface area contributed by atoms with Gasteiger partial charge in [0.15, 0.2) is 0 Å². The molecule has 0 saturated heterocycles. The van der Waals surface area contributed by atoms with Crippen molar-refractivity contribution in [3.05, 3.63) is 32.9 Å². The van der Waals surface area contributed by atoms with Gasteiger partial charge in [-0.2, -0.15) is 0 Å². The maximum Gasteiger partial charge on any atom is 0.339 e. The van der Waals surface area contributed by atoms with E-state index in [1.165, 1.54) is 0 Å². The normalized spacial score (nSPS) is 10.2. The van der Waals surface area contributed by atoms with E-state index in [0.29, 0.717) is 34.5 Å². The minimum atomic E-state index is -0.411. The Hall–Kier alpha value is -1.15. The minimum absolute atomic E-state index is 0.198. The van der Waals surface area contributed by atoms with Gasteiger partial charge in [-0.25, -0.2) is 4.79 Å². The lowest BCUT2D eigenvalue weighted by Crippen LogP contribution is -2.26. The van der Waals surface area contributed by atoms with Crippen molar-refractivity contribution in [3.63, 3.8) is 0 Å². The largest absolute Gasteiger partial charge is 0.462 e. The van der Waals surface area contributed by atoms with E-state index in [1.807, 2.05) is 22.6 Å². The highest BCUT2D eigenvalue weighted by molar-refractivity contribution is 14.1. The van der Waals surface area contributed by atoms with E-state index < -0.39 is 5.97 Å². The summed E-state index contributed by atoms with van der Waals surface area (Å²) in [6.45, 7) is 3.19. The van der Waals surface area contributed by atoms with Crippen LogP contribution in [0.15, 0.2) is 18.2 Å². The Morgan fingerprint density at radius 2 is 2.00 bits per heavy atom. The van der Waals surface area contributed by atoms with Gasteiger partial charge in [-0.15, -0.1) is 0 Å². The SMILES string of the molecule is CCOC(=O)c1cccc(C(=O)NCCCOC)c1I. The van der Waals surface area contributed by atoms with E-state index >= 15 is 0 Å². The Morgan fingerprint density at radius 1 is 1.30 bits per heavy atom. The molecule has 5 nitrogen and oxygen atoms in total. The van der Waals surface area contributed by atoms with Gasteiger partial charge in [-0.3, -0.25) is 4.79 Å². The second-order valence-electron chi connectivity index (χ2n) is 3.99. The van der Waals surface area contributed by atoms with Gasteiger partial charge < -0.3 is 14.8 Å². The van der Waals surface area contributed by atoms with Crippen LogP contribution in [0, 0.1) is 3.57 Å². The molecule has 0 aliphatic rings. The molecule has 0 atom stereocenters. The molecule has 0 radical (unpaired) electrons. The van der Waals surface area contributed by atoms with E-state index in [0.717, 1.165) is 6.42 Å². The lowest BCUT2D eigenvalue weighted by Gasteiger charge is -2.10. The highest BCUT2D eigenvalue weighted by atomic mass is 127. The number of esters is 1. The van der Waals surface area contributed by atoms with Crippen molar-refractivity contribution in [2.24, 2.45) is 0 Å². The zero-order valence-electron chi connectivity index (χ0n) is 11.6.